The van der Waals surface area contributed by atoms with E-state index in [4.69, 9.17) is 5.73 Å². The van der Waals surface area contributed by atoms with Crippen LogP contribution in [0.15, 0.2) is 42.5 Å². The third kappa shape index (κ3) is 6.29. The van der Waals surface area contributed by atoms with Crippen LogP contribution in [0.25, 0.3) is 22.3 Å². The molecule has 0 unspecified atom stereocenters. The Balaban J connectivity index is 2.46. The van der Waals surface area contributed by atoms with Crippen molar-refractivity contribution >= 4 is 5.69 Å². The van der Waals surface area contributed by atoms with Gasteiger partial charge in [-0.15, -0.1) is 0 Å². The highest BCUT2D eigenvalue weighted by Gasteiger charge is 2.27. The standard InChI is InChI=1S/C38H55N/c1-22(2)30-18-26(37(9,10)11)19-31(23(3)4)34(30)28-16-15-17-29(36(28)39)35-32(24(5)6)20-27(38(12,13)14)21-33(35)25(7)8/h15-25H,39H2,1-14H3. The van der Waals surface area contributed by atoms with E-state index in [2.05, 4.69) is 139 Å². The van der Waals surface area contributed by atoms with Gasteiger partial charge in [-0.3, -0.25) is 0 Å². The average molecular weight is 526 g/mol. The number of para-hydroxylation sites is 1. The lowest BCUT2D eigenvalue weighted by molar-refractivity contribution is 0.586. The quantitative estimate of drug-likeness (QED) is 0.318. The van der Waals surface area contributed by atoms with Crippen molar-refractivity contribution in [1.82, 2.24) is 0 Å². The summed E-state index contributed by atoms with van der Waals surface area (Å²) in [6.07, 6.45) is 0. The van der Waals surface area contributed by atoms with Gasteiger partial charge in [0.25, 0.3) is 0 Å². The van der Waals surface area contributed by atoms with Crippen LogP contribution in [-0.2, 0) is 10.8 Å². The van der Waals surface area contributed by atoms with Gasteiger partial charge in [0.1, 0.15) is 0 Å². The Labute approximate surface area is 240 Å². The van der Waals surface area contributed by atoms with Crippen LogP contribution in [0.1, 0.15) is 154 Å². The molecule has 0 heterocycles. The van der Waals surface area contributed by atoms with Crippen LogP contribution < -0.4 is 5.73 Å². The molecule has 3 rings (SSSR count). The van der Waals surface area contributed by atoms with Gasteiger partial charge in [-0.1, -0.05) is 139 Å². The van der Waals surface area contributed by atoms with Crippen LogP contribution in [0.5, 0.6) is 0 Å². The summed E-state index contributed by atoms with van der Waals surface area (Å²) in [5.41, 5.74) is 21.7. The van der Waals surface area contributed by atoms with E-state index in [-0.39, 0.29) is 10.8 Å². The van der Waals surface area contributed by atoms with Gasteiger partial charge in [0, 0.05) is 16.8 Å². The average Bonchev–Trinajstić information content (AvgIpc) is 2.81. The molecule has 0 amide bonds. The maximum Gasteiger partial charge on any atom is 0.0473 e. The summed E-state index contributed by atoms with van der Waals surface area (Å²) in [5.74, 6) is 1.58. The predicted octanol–water partition coefficient (Wildman–Crippen LogP) is 11.7. The first-order chi connectivity index (χ1) is 17.9. The first kappa shape index (κ1) is 31.0. The molecule has 3 aromatic rings. The molecule has 0 fully saturated rings. The van der Waals surface area contributed by atoms with E-state index in [1.807, 2.05) is 0 Å². The summed E-state index contributed by atoms with van der Waals surface area (Å²) < 4.78 is 0. The van der Waals surface area contributed by atoms with Gasteiger partial charge in [-0.05, 0) is 79.0 Å². The van der Waals surface area contributed by atoms with E-state index in [0.29, 0.717) is 23.7 Å². The van der Waals surface area contributed by atoms with Crippen molar-refractivity contribution < 1.29 is 0 Å². The van der Waals surface area contributed by atoms with Gasteiger partial charge in [0.05, 0.1) is 0 Å². The maximum absolute atomic E-state index is 7.27. The van der Waals surface area contributed by atoms with Gasteiger partial charge < -0.3 is 5.73 Å². The van der Waals surface area contributed by atoms with Crippen LogP contribution in [0.3, 0.4) is 0 Å². The molecule has 1 nitrogen and oxygen atoms in total. The van der Waals surface area contributed by atoms with Crippen molar-refractivity contribution in [1.29, 1.82) is 0 Å². The van der Waals surface area contributed by atoms with Crippen LogP contribution in [0, 0.1) is 0 Å². The fraction of sp³-hybridized carbons (Fsp3) is 0.526. The Morgan fingerprint density at radius 3 is 0.949 bits per heavy atom. The molecule has 3 aromatic carbocycles. The number of rotatable bonds is 6. The summed E-state index contributed by atoms with van der Waals surface area (Å²) in [6.45, 7) is 32.4. The number of hydrogen-bond acceptors (Lipinski definition) is 1. The van der Waals surface area contributed by atoms with Gasteiger partial charge in [-0.2, -0.15) is 0 Å². The highest BCUT2D eigenvalue weighted by Crippen LogP contribution is 2.47. The molecular weight excluding hydrogens is 470 g/mol. The number of nitrogen functional groups attached to an aromatic ring is 1. The molecule has 0 bridgehead atoms. The second-order valence-corrected chi connectivity index (χ2v) is 14.9. The fourth-order valence-corrected chi connectivity index (χ4v) is 5.69. The molecule has 0 aliphatic heterocycles. The first-order valence-electron chi connectivity index (χ1n) is 15.1. The highest BCUT2D eigenvalue weighted by atomic mass is 14.6. The smallest absolute Gasteiger partial charge is 0.0473 e. The normalized spacial score (nSPS) is 12.9. The van der Waals surface area contributed by atoms with Crippen molar-refractivity contribution in [3.05, 3.63) is 75.8 Å². The molecule has 39 heavy (non-hydrogen) atoms. The zero-order valence-electron chi connectivity index (χ0n) is 27.4. The number of nitrogens with two attached hydrogens (primary N) is 1. The molecule has 0 atom stereocenters. The Morgan fingerprint density at radius 1 is 0.487 bits per heavy atom. The molecule has 0 spiro atoms. The zero-order chi connectivity index (χ0) is 29.6. The third-order valence-electron chi connectivity index (χ3n) is 8.26. The van der Waals surface area contributed by atoms with E-state index < -0.39 is 0 Å². The second kappa shape index (κ2) is 11.1. The third-order valence-corrected chi connectivity index (χ3v) is 8.26. The zero-order valence-corrected chi connectivity index (χ0v) is 27.4. The largest absolute Gasteiger partial charge is 0.398 e. The lowest BCUT2D eigenvalue weighted by Crippen LogP contribution is -2.15. The SMILES string of the molecule is CC(C)c1cc(C(C)(C)C)cc(C(C)C)c1-c1cccc(-c2c(C(C)C)cc(C(C)(C)C)cc2C(C)C)c1N. The van der Waals surface area contributed by atoms with Crippen LogP contribution in [-0.4, -0.2) is 0 Å². The van der Waals surface area contributed by atoms with Crippen LogP contribution in [0.4, 0.5) is 5.69 Å². The van der Waals surface area contributed by atoms with E-state index in [1.165, 1.54) is 55.6 Å². The summed E-state index contributed by atoms with van der Waals surface area (Å²) >= 11 is 0. The molecule has 0 aliphatic carbocycles. The lowest BCUT2D eigenvalue weighted by atomic mass is 9.76. The van der Waals surface area contributed by atoms with Gasteiger partial charge in [0.2, 0.25) is 0 Å². The summed E-state index contributed by atoms with van der Waals surface area (Å²) in [6, 6.07) is 16.5. The van der Waals surface area contributed by atoms with E-state index in [0.717, 1.165) is 5.69 Å². The Kier molecular flexibility index (Phi) is 8.86. The topological polar surface area (TPSA) is 26.0 Å². The summed E-state index contributed by atoms with van der Waals surface area (Å²) in [7, 11) is 0. The Morgan fingerprint density at radius 2 is 0.744 bits per heavy atom. The van der Waals surface area contributed by atoms with E-state index in [9.17, 15) is 0 Å². The maximum atomic E-state index is 7.27. The van der Waals surface area contributed by atoms with Crippen molar-refractivity contribution in [2.24, 2.45) is 0 Å². The van der Waals surface area contributed by atoms with Gasteiger partial charge in [-0.25, -0.2) is 0 Å². The van der Waals surface area contributed by atoms with Crippen molar-refractivity contribution in [2.45, 2.75) is 131 Å². The molecule has 0 radical (unpaired) electrons. The minimum absolute atomic E-state index is 0.0896. The van der Waals surface area contributed by atoms with Crippen LogP contribution in [0.2, 0.25) is 0 Å². The van der Waals surface area contributed by atoms with Gasteiger partial charge in [0.15, 0.2) is 0 Å². The van der Waals surface area contributed by atoms with Crippen molar-refractivity contribution in [3.63, 3.8) is 0 Å². The van der Waals surface area contributed by atoms with Crippen molar-refractivity contribution in [3.8, 4) is 22.3 Å². The summed E-state index contributed by atoms with van der Waals surface area (Å²) in [5, 5.41) is 0. The fourth-order valence-electron chi connectivity index (χ4n) is 5.69. The van der Waals surface area contributed by atoms with Crippen molar-refractivity contribution in [2.75, 3.05) is 5.73 Å². The molecule has 0 aliphatic rings. The monoisotopic (exact) mass is 525 g/mol. The Bertz CT molecular complexity index is 1160. The van der Waals surface area contributed by atoms with E-state index >= 15 is 0 Å². The summed E-state index contributed by atoms with van der Waals surface area (Å²) in [4.78, 5) is 0. The molecule has 2 N–H and O–H groups in total. The predicted molar refractivity (Wildman–Crippen MR) is 175 cm³/mol. The molecular formula is C38H55N. The van der Waals surface area contributed by atoms with Gasteiger partial charge >= 0.3 is 0 Å². The molecule has 0 saturated carbocycles. The minimum atomic E-state index is 0.0896. The number of hydrogen-bond donors (Lipinski definition) is 1. The molecule has 0 saturated heterocycles. The van der Waals surface area contributed by atoms with Crippen LogP contribution >= 0.6 is 0 Å². The number of anilines is 1. The molecule has 1 heteroatoms. The van der Waals surface area contributed by atoms with E-state index in [1.54, 1.807) is 0 Å². The first-order valence-corrected chi connectivity index (χ1v) is 15.1. The molecule has 212 valence electrons. The highest BCUT2D eigenvalue weighted by molar-refractivity contribution is 5.93. The minimum Gasteiger partial charge on any atom is -0.398 e. The second-order valence-electron chi connectivity index (χ2n) is 14.9. The lowest BCUT2D eigenvalue weighted by Gasteiger charge is -2.29. The Hall–Kier alpha value is -2.54. The molecule has 0 aromatic heterocycles. The number of benzene rings is 3.